The van der Waals surface area contributed by atoms with Crippen molar-refractivity contribution >= 4 is 35.1 Å². The second-order valence-electron chi connectivity index (χ2n) is 4.15. The Bertz CT molecular complexity index is 612. The van der Waals surface area contributed by atoms with Gasteiger partial charge in [0, 0.05) is 11.8 Å². The highest BCUT2D eigenvalue weighted by molar-refractivity contribution is 6.03. The van der Waals surface area contributed by atoms with Gasteiger partial charge in [0.2, 0.25) is 11.8 Å². The van der Waals surface area contributed by atoms with E-state index in [1.807, 2.05) is 0 Å². The van der Waals surface area contributed by atoms with Gasteiger partial charge < -0.3 is 25.6 Å². The van der Waals surface area contributed by atoms with Crippen molar-refractivity contribution in [3.05, 3.63) is 18.2 Å². The molecular formula is C13H14N2O7. The molecule has 0 atom stereocenters. The smallest absolute Gasteiger partial charge is 0.312 e. The van der Waals surface area contributed by atoms with Gasteiger partial charge in [-0.25, -0.2) is 0 Å². The quantitative estimate of drug-likeness (QED) is 0.538. The normalized spacial score (nSPS) is 9.68. The second kappa shape index (κ2) is 7.62. The fourth-order valence-corrected chi connectivity index (χ4v) is 1.55. The maximum absolute atomic E-state index is 11.4. The molecule has 0 aliphatic rings. The van der Waals surface area contributed by atoms with Crippen LogP contribution in [0.3, 0.4) is 0 Å². The number of rotatable bonds is 7. The van der Waals surface area contributed by atoms with Crippen molar-refractivity contribution in [2.45, 2.75) is 12.8 Å². The minimum Gasteiger partial charge on any atom is -0.494 e. The highest BCUT2D eigenvalue weighted by Crippen LogP contribution is 2.28. The molecule has 118 valence electrons. The lowest BCUT2D eigenvalue weighted by molar-refractivity contribution is -0.141. The topological polar surface area (TPSA) is 142 Å². The van der Waals surface area contributed by atoms with Crippen LogP contribution < -0.4 is 15.4 Å². The molecule has 0 saturated carbocycles. The van der Waals surface area contributed by atoms with Crippen LogP contribution in [-0.4, -0.2) is 41.1 Å². The molecule has 0 spiro atoms. The highest BCUT2D eigenvalue weighted by atomic mass is 16.5. The molecule has 4 N–H and O–H groups in total. The van der Waals surface area contributed by atoms with Gasteiger partial charge in [-0.05, 0) is 12.1 Å². The average molecular weight is 310 g/mol. The summed E-state index contributed by atoms with van der Waals surface area (Å²) in [5, 5.41) is 21.7. The van der Waals surface area contributed by atoms with Crippen LogP contribution in [0.1, 0.15) is 12.8 Å². The molecule has 0 bridgehead atoms. The van der Waals surface area contributed by atoms with Gasteiger partial charge in [-0.3, -0.25) is 19.2 Å². The number of hydrogen-bond acceptors (Lipinski definition) is 5. The molecule has 0 fully saturated rings. The molecule has 2 amide bonds. The standard InChI is InChI=1S/C13H14N2O7/c1-22-9-4-7(14-10(16)5-12(18)19)2-3-8(9)15-11(17)6-13(20)21/h2-4H,5-6H2,1H3,(H,14,16)(H,15,17)(H,18,19)(H,20,21). The van der Waals surface area contributed by atoms with Crippen LogP contribution in [0, 0.1) is 0 Å². The zero-order chi connectivity index (χ0) is 16.7. The van der Waals surface area contributed by atoms with Crippen LogP contribution in [0.5, 0.6) is 5.75 Å². The number of anilines is 2. The van der Waals surface area contributed by atoms with Gasteiger partial charge in [0.25, 0.3) is 0 Å². The van der Waals surface area contributed by atoms with E-state index in [1.54, 1.807) is 0 Å². The fourth-order valence-electron chi connectivity index (χ4n) is 1.55. The molecule has 1 aromatic carbocycles. The number of carbonyl (C=O) groups excluding carboxylic acids is 2. The van der Waals surface area contributed by atoms with E-state index < -0.39 is 36.6 Å². The van der Waals surface area contributed by atoms with Crippen molar-refractivity contribution in [2.75, 3.05) is 17.7 Å². The van der Waals surface area contributed by atoms with E-state index in [4.69, 9.17) is 14.9 Å². The van der Waals surface area contributed by atoms with E-state index in [9.17, 15) is 19.2 Å². The zero-order valence-electron chi connectivity index (χ0n) is 11.6. The lowest BCUT2D eigenvalue weighted by Crippen LogP contribution is -2.17. The van der Waals surface area contributed by atoms with Crippen molar-refractivity contribution in [1.82, 2.24) is 0 Å². The summed E-state index contributed by atoms with van der Waals surface area (Å²) >= 11 is 0. The number of methoxy groups -OCH3 is 1. The number of aliphatic carboxylic acids is 2. The fraction of sp³-hybridized carbons (Fsp3) is 0.231. The number of benzene rings is 1. The minimum absolute atomic E-state index is 0.187. The summed E-state index contributed by atoms with van der Waals surface area (Å²) in [5.41, 5.74) is 0.504. The van der Waals surface area contributed by atoms with Crippen molar-refractivity contribution < 1.29 is 34.1 Å². The summed E-state index contributed by atoms with van der Waals surface area (Å²) in [6.45, 7) is 0. The third-order valence-corrected chi connectivity index (χ3v) is 2.38. The first-order valence-corrected chi connectivity index (χ1v) is 6.03. The predicted octanol–water partition coefficient (Wildman–Crippen LogP) is 0.522. The van der Waals surface area contributed by atoms with Gasteiger partial charge >= 0.3 is 11.9 Å². The Hall–Kier alpha value is -3.10. The molecule has 22 heavy (non-hydrogen) atoms. The Balaban J connectivity index is 2.82. The Labute approximate surface area is 124 Å². The molecule has 9 heteroatoms. The minimum atomic E-state index is -1.27. The molecule has 0 saturated heterocycles. The van der Waals surface area contributed by atoms with E-state index in [-0.39, 0.29) is 17.1 Å². The molecule has 0 aromatic heterocycles. The number of hydrogen-bond donors (Lipinski definition) is 4. The lowest BCUT2D eigenvalue weighted by atomic mass is 10.2. The number of carbonyl (C=O) groups is 4. The third kappa shape index (κ3) is 5.49. The van der Waals surface area contributed by atoms with Gasteiger partial charge in [-0.1, -0.05) is 0 Å². The molecule has 0 radical (unpaired) electrons. The Morgan fingerprint density at radius 2 is 1.55 bits per heavy atom. The van der Waals surface area contributed by atoms with E-state index in [2.05, 4.69) is 10.6 Å². The summed E-state index contributed by atoms with van der Waals surface area (Å²) in [5.74, 6) is -3.78. The number of nitrogens with one attached hydrogen (secondary N) is 2. The largest absolute Gasteiger partial charge is 0.494 e. The molecule has 0 heterocycles. The van der Waals surface area contributed by atoms with Gasteiger partial charge in [0.05, 0.1) is 12.8 Å². The number of ether oxygens (including phenoxy) is 1. The van der Waals surface area contributed by atoms with Gasteiger partial charge in [0.1, 0.15) is 18.6 Å². The van der Waals surface area contributed by atoms with Crippen LogP contribution >= 0.6 is 0 Å². The average Bonchev–Trinajstić information content (AvgIpc) is 2.38. The van der Waals surface area contributed by atoms with Gasteiger partial charge in [0.15, 0.2) is 0 Å². The summed E-state index contributed by atoms with van der Waals surface area (Å²) in [6, 6.07) is 4.18. The molecule has 0 aliphatic heterocycles. The molecule has 0 unspecified atom stereocenters. The Morgan fingerprint density at radius 1 is 1.00 bits per heavy atom. The predicted molar refractivity (Wildman–Crippen MR) is 74.8 cm³/mol. The lowest BCUT2D eigenvalue weighted by Gasteiger charge is -2.12. The van der Waals surface area contributed by atoms with Crippen molar-refractivity contribution in [2.24, 2.45) is 0 Å². The zero-order valence-corrected chi connectivity index (χ0v) is 11.6. The summed E-state index contributed by atoms with van der Waals surface area (Å²) in [4.78, 5) is 43.6. The monoisotopic (exact) mass is 310 g/mol. The summed E-state index contributed by atoms with van der Waals surface area (Å²) in [7, 11) is 1.32. The van der Waals surface area contributed by atoms with E-state index in [1.165, 1.54) is 25.3 Å². The molecule has 9 nitrogen and oxygen atoms in total. The van der Waals surface area contributed by atoms with E-state index >= 15 is 0 Å². The van der Waals surface area contributed by atoms with Crippen molar-refractivity contribution in [1.29, 1.82) is 0 Å². The number of amides is 2. The van der Waals surface area contributed by atoms with Gasteiger partial charge in [-0.15, -0.1) is 0 Å². The van der Waals surface area contributed by atoms with Crippen LogP contribution in [0.25, 0.3) is 0 Å². The molecule has 1 rings (SSSR count). The Kier molecular flexibility index (Phi) is 5.87. The van der Waals surface area contributed by atoms with E-state index in [0.717, 1.165) is 0 Å². The number of carboxylic acids is 2. The van der Waals surface area contributed by atoms with Gasteiger partial charge in [-0.2, -0.15) is 0 Å². The maximum Gasteiger partial charge on any atom is 0.312 e. The van der Waals surface area contributed by atoms with Crippen molar-refractivity contribution in [3.63, 3.8) is 0 Å². The molecule has 1 aromatic rings. The first-order valence-electron chi connectivity index (χ1n) is 6.03. The van der Waals surface area contributed by atoms with E-state index in [0.29, 0.717) is 0 Å². The van der Waals surface area contributed by atoms with Crippen LogP contribution in [0.2, 0.25) is 0 Å². The molecular weight excluding hydrogens is 296 g/mol. The first-order chi connectivity index (χ1) is 10.3. The first kappa shape index (κ1) is 17.0. The van der Waals surface area contributed by atoms with Crippen LogP contribution in [0.4, 0.5) is 11.4 Å². The number of carboxylic acid groups (broad SMARTS) is 2. The maximum atomic E-state index is 11.4. The SMILES string of the molecule is COc1cc(NC(=O)CC(=O)O)ccc1NC(=O)CC(=O)O. The van der Waals surface area contributed by atoms with Crippen LogP contribution in [-0.2, 0) is 19.2 Å². The van der Waals surface area contributed by atoms with Crippen molar-refractivity contribution in [3.8, 4) is 5.75 Å². The second-order valence-corrected chi connectivity index (χ2v) is 4.15. The molecule has 0 aliphatic carbocycles. The summed E-state index contributed by atoms with van der Waals surface area (Å²) in [6.07, 6.45) is -1.38. The Morgan fingerprint density at radius 3 is 2.05 bits per heavy atom. The highest BCUT2D eigenvalue weighted by Gasteiger charge is 2.13. The summed E-state index contributed by atoms with van der Waals surface area (Å²) < 4.78 is 5.02. The third-order valence-electron chi connectivity index (χ3n) is 2.38. The van der Waals surface area contributed by atoms with Crippen LogP contribution in [0.15, 0.2) is 18.2 Å².